The van der Waals surface area contributed by atoms with Crippen LogP contribution in [0.1, 0.15) is 43.9 Å². The topological polar surface area (TPSA) is 72.9 Å². The number of nitrogens with two attached hydrogens (primary N) is 1. The van der Waals surface area contributed by atoms with Gasteiger partial charge in [-0.05, 0) is 38.8 Å². The number of nitrogens with one attached hydrogen (secondary N) is 1. The molecule has 0 bridgehead atoms. The number of hydrogen-bond donors (Lipinski definition) is 2. The van der Waals surface area contributed by atoms with Crippen LogP contribution in [-0.2, 0) is 13.0 Å². The molecule has 0 aliphatic rings. The highest BCUT2D eigenvalue weighted by atomic mass is 16.2. The SMILES string of the molecule is CCc1cc(C(=O)NC(C)C(C)CN)n(CC)n1. The van der Waals surface area contributed by atoms with Crippen LogP contribution in [0.5, 0.6) is 0 Å². The first-order valence-corrected chi connectivity index (χ1v) is 6.61. The van der Waals surface area contributed by atoms with Gasteiger partial charge in [-0.15, -0.1) is 0 Å². The molecule has 0 saturated carbocycles. The Kier molecular flexibility index (Phi) is 5.34. The fourth-order valence-corrected chi connectivity index (χ4v) is 1.69. The van der Waals surface area contributed by atoms with Gasteiger partial charge in [-0.2, -0.15) is 5.10 Å². The number of aryl methyl sites for hydroxylation is 2. The van der Waals surface area contributed by atoms with E-state index >= 15 is 0 Å². The highest BCUT2D eigenvalue weighted by Crippen LogP contribution is 2.07. The van der Waals surface area contributed by atoms with E-state index < -0.39 is 0 Å². The van der Waals surface area contributed by atoms with Crippen molar-refractivity contribution in [2.75, 3.05) is 6.54 Å². The molecule has 1 rings (SSSR count). The van der Waals surface area contributed by atoms with Gasteiger partial charge in [-0.25, -0.2) is 0 Å². The standard InChI is InChI=1S/C13H24N4O/c1-5-11-7-12(17(6-2)16-11)13(18)15-10(4)9(3)8-14/h7,9-10H,5-6,8,14H2,1-4H3,(H,15,18). The molecule has 3 N–H and O–H groups in total. The minimum absolute atomic E-state index is 0.0628. The van der Waals surface area contributed by atoms with Crippen molar-refractivity contribution in [2.45, 2.75) is 46.7 Å². The first kappa shape index (κ1) is 14.7. The van der Waals surface area contributed by atoms with E-state index in [1.54, 1.807) is 4.68 Å². The second kappa shape index (κ2) is 6.54. The van der Waals surface area contributed by atoms with Gasteiger partial charge in [0.05, 0.1) is 5.69 Å². The lowest BCUT2D eigenvalue weighted by molar-refractivity contribution is 0.0918. The molecular weight excluding hydrogens is 228 g/mol. The zero-order valence-corrected chi connectivity index (χ0v) is 11.7. The van der Waals surface area contributed by atoms with Crippen LogP contribution >= 0.6 is 0 Å². The summed E-state index contributed by atoms with van der Waals surface area (Å²) in [5.74, 6) is 0.189. The molecule has 0 aliphatic carbocycles. The van der Waals surface area contributed by atoms with Crippen molar-refractivity contribution in [3.8, 4) is 0 Å². The molecule has 0 radical (unpaired) electrons. The van der Waals surface area contributed by atoms with Gasteiger partial charge in [0, 0.05) is 12.6 Å². The average molecular weight is 252 g/mol. The minimum atomic E-state index is -0.0724. The molecule has 0 aromatic carbocycles. The summed E-state index contributed by atoms with van der Waals surface area (Å²) < 4.78 is 1.74. The lowest BCUT2D eigenvalue weighted by Gasteiger charge is -2.19. The van der Waals surface area contributed by atoms with Crippen LogP contribution in [0.3, 0.4) is 0 Å². The van der Waals surface area contributed by atoms with Crippen LogP contribution in [0.15, 0.2) is 6.07 Å². The number of aromatic nitrogens is 2. The van der Waals surface area contributed by atoms with E-state index in [0.29, 0.717) is 18.8 Å². The zero-order valence-electron chi connectivity index (χ0n) is 11.7. The Bertz CT molecular complexity index is 400. The lowest BCUT2D eigenvalue weighted by Crippen LogP contribution is -2.40. The fraction of sp³-hybridized carbons (Fsp3) is 0.692. The monoisotopic (exact) mass is 252 g/mol. The third-order valence-corrected chi connectivity index (χ3v) is 3.31. The summed E-state index contributed by atoms with van der Waals surface area (Å²) in [4.78, 5) is 12.2. The first-order chi connectivity index (χ1) is 8.53. The maximum atomic E-state index is 12.2. The predicted molar refractivity (Wildman–Crippen MR) is 72.4 cm³/mol. The van der Waals surface area contributed by atoms with Gasteiger partial charge in [0.15, 0.2) is 0 Å². The molecule has 1 amide bonds. The van der Waals surface area contributed by atoms with Crippen LogP contribution in [-0.4, -0.2) is 28.3 Å². The maximum Gasteiger partial charge on any atom is 0.269 e. The Labute approximate surface area is 109 Å². The molecule has 1 aromatic rings. The molecule has 18 heavy (non-hydrogen) atoms. The molecule has 1 aromatic heterocycles. The molecule has 0 aliphatic heterocycles. The number of carbonyl (C=O) groups is 1. The quantitative estimate of drug-likeness (QED) is 0.798. The molecule has 102 valence electrons. The normalized spacial score (nSPS) is 14.3. The summed E-state index contributed by atoms with van der Waals surface area (Å²) >= 11 is 0. The Morgan fingerprint density at radius 1 is 1.50 bits per heavy atom. The summed E-state index contributed by atoms with van der Waals surface area (Å²) in [6.07, 6.45) is 0.835. The van der Waals surface area contributed by atoms with Crippen LogP contribution in [0.4, 0.5) is 0 Å². The van der Waals surface area contributed by atoms with Gasteiger partial charge >= 0.3 is 0 Å². The summed E-state index contributed by atoms with van der Waals surface area (Å²) in [6, 6.07) is 1.92. The molecule has 5 nitrogen and oxygen atoms in total. The Balaban J connectivity index is 2.80. The lowest BCUT2D eigenvalue weighted by atomic mass is 10.0. The van der Waals surface area contributed by atoms with E-state index in [4.69, 9.17) is 5.73 Å². The summed E-state index contributed by atoms with van der Waals surface area (Å²) in [5, 5.41) is 7.35. The van der Waals surface area contributed by atoms with Crippen LogP contribution in [0.2, 0.25) is 0 Å². The van der Waals surface area contributed by atoms with Crippen molar-refractivity contribution in [1.29, 1.82) is 0 Å². The summed E-state index contributed by atoms with van der Waals surface area (Å²) in [6.45, 7) is 9.28. The van der Waals surface area contributed by atoms with E-state index in [2.05, 4.69) is 10.4 Å². The second-order valence-electron chi connectivity index (χ2n) is 4.67. The van der Waals surface area contributed by atoms with Crippen molar-refractivity contribution in [3.05, 3.63) is 17.5 Å². The van der Waals surface area contributed by atoms with Crippen molar-refractivity contribution in [2.24, 2.45) is 11.7 Å². The molecule has 5 heteroatoms. The number of carbonyl (C=O) groups excluding carboxylic acids is 1. The Morgan fingerprint density at radius 3 is 2.67 bits per heavy atom. The smallest absolute Gasteiger partial charge is 0.269 e. The van der Waals surface area contributed by atoms with Crippen molar-refractivity contribution in [3.63, 3.8) is 0 Å². The second-order valence-corrected chi connectivity index (χ2v) is 4.67. The van der Waals surface area contributed by atoms with E-state index in [0.717, 1.165) is 12.1 Å². The molecular formula is C13H24N4O. The van der Waals surface area contributed by atoms with Gasteiger partial charge in [0.2, 0.25) is 0 Å². The maximum absolute atomic E-state index is 12.2. The van der Waals surface area contributed by atoms with Crippen LogP contribution in [0, 0.1) is 5.92 Å². The number of hydrogen-bond acceptors (Lipinski definition) is 3. The molecule has 1 heterocycles. The molecule has 2 atom stereocenters. The highest BCUT2D eigenvalue weighted by Gasteiger charge is 2.18. The average Bonchev–Trinajstić information content (AvgIpc) is 2.80. The van der Waals surface area contributed by atoms with Crippen molar-refractivity contribution >= 4 is 5.91 Å². The highest BCUT2D eigenvalue weighted by molar-refractivity contribution is 5.92. The van der Waals surface area contributed by atoms with E-state index in [9.17, 15) is 4.79 Å². The van der Waals surface area contributed by atoms with Gasteiger partial charge in [-0.3, -0.25) is 9.48 Å². The van der Waals surface area contributed by atoms with Crippen LogP contribution in [0.25, 0.3) is 0 Å². The molecule has 2 unspecified atom stereocenters. The third-order valence-electron chi connectivity index (χ3n) is 3.31. The predicted octanol–water partition coefficient (Wildman–Crippen LogP) is 1.18. The van der Waals surface area contributed by atoms with Crippen LogP contribution < -0.4 is 11.1 Å². The number of nitrogens with zero attached hydrogens (tertiary/aromatic N) is 2. The minimum Gasteiger partial charge on any atom is -0.348 e. The number of amides is 1. The Hall–Kier alpha value is -1.36. The van der Waals surface area contributed by atoms with E-state index in [-0.39, 0.29) is 17.9 Å². The Morgan fingerprint density at radius 2 is 2.17 bits per heavy atom. The molecule has 0 saturated heterocycles. The van der Waals surface area contributed by atoms with Crippen molar-refractivity contribution in [1.82, 2.24) is 15.1 Å². The summed E-state index contributed by atoms with van der Waals surface area (Å²) in [5.41, 5.74) is 7.18. The third kappa shape index (κ3) is 3.32. The number of rotatable bonds is 6. The van der Waals surface area contributed by atoms with Gasteiger partial charge in [-0.1, -0.05) is 13.8 Å². The molecule has 0 spiro atoms. The zero-order chi connectivity index (χ0) is 13.7. The summed E-state index contributed by atoms with van der Waals surface area (Å²) in [7, 11) is 0. The van der Waals surface area contributed by atoms with Crippen molar-refractivity contribution < 1.29 is 4.79 Å². The van der Waals surface area contributed by atoms with Gasteiger partial charge in [0.1, 0.15) is 5.69 Å². The first-order valence-electron chi connectivity index (χ1n) is 6.61. The molecule has 0 fully saturated rings. The van der Waals surface area contributed by atoms with E-state index in [1.807, 2.05) is 33.8 Å². The fourth-order valence-electron chi connectivity index (χ4n) is 1.69. The van der Waals surface area contributed by atoms with E-state index in [1.165, 1.54) is 0 Å². The van der Waals surface area contributed by atoms with Gasteiger partial charge in [0.25, 0.3) is 5.91 Å². The largest absolute Gasteiger partial charge is 0.348 e. The van der Waals surface area contributed by atoms with Gasteiger partial charge < -0.3 is 11.1 Å².